The van der Waals surface area contributed by atoms with Gasteiger partial charge < -0.3 is 9.64 Å². The zero-order valence-electron chi connectivity index (χ0n) is 16.2. The monoisotopic (exact) mass is 410 g/mol. The van der Waals surface area contributed by atoms with E-state index in [9.17, 15) is 22.4 Å². The fourth-order valence-electron chi connectivity index (χ4n) is 3.47. The summed E-state index contributed by atoms with van der Waals surface area (Å²) in [7, 11) is 0. The molecule has 0 unspecified atom stereocenters. The van der Waals surface area contributed by atoms with Crippen molar-refractivity contribution in [3.8, 4) is 5.75 Å². The highest BCUT2D eigenvalue weighted by Gasteiger charge is 2.32. The molecular formula is C21H22F4N2O2. The van der Waals surface area contributed by atoms with E-state index in [1.807, 2.05) is 13.8 Å². The maximum absolute atomic E-state index is 13.7. The van der Waals surface area contributed by atoms with E-state index in [0.717, 1.165) is 5.56 Å². The molecule has 29 heavy (non-hydrogen) atoms. The van der Waals surface area contributed by atoms with Crippen LogP contribution in [0, 0.1) is 23.3 Å². The third-order valence-electron chi connectivity index (χ3n) is 5.04. The average molecular weight is 410 g/mol. The Balaban J connectivity index is 1.59. The summed E-state index contributed by atoms with van der Waals surface area (Å²) < 4.78 is 58.4. The smallest absolute Gasteiger partial charge is 0.260 e. The highest BCUT2D eigenvalue weighted by atomic mass is 19.1. The highest BCUT2D eigenvalue weighted by molar-refractivity contribution is 5.78. The fourth-order valence-corrected chi connectivity index (χ4v) is 3.47. The van der Waals surface area contributed by atoms with Gasteiger partial charge in [-0.2, -0.15) is 0 Å². The fraction of sp³-hybridized carbons (Fsp3) is 0.381. The first-order chi connectivity index (χ1) is 13.7. The molecule has 1 aliphatic heterocycles. The van der Waals surface area contributed by atoms with Crippen molar-refractivity contribution < 1.29 is 27.1 Å². The van der Waals surface area contributed by atoms with Gasteiger partial charge >= 0.3 is 0 Å². The van der Waals surface area contributed by atoms with E-state index in [1.165, 1.54) is 12.1 Å². The quantitative estimate of drug-likeness (QED) is 0.704. The lowest BCUT2D eigenvalue weighted by atomic mass is 10.1. The van der Waals surface area contributed by atoms with Crippen molar-refractivity contribution in [1.82, 2.24) is 9.80 Å². The number of hydrogen-bond acceptors (Lipinski definition) is 3. The maximum Gasteiger partial charge on any atom is 0.260 e. The predicted octanol–water partition coefficient (Wildman–Crippen LogP) is 3.74. The minimum absolute atomic E-state index is 0.0273. The second-order valence-corrected chi connectivity index (χ2v) is 7.29. The Morgan fingerprint density at radius 3 is 2.21 bits per heavy atom. The van der Waals surface area contributed by atoms with E-state index in [1.54, 1.807) is 17.0 Å². The molecule has 0 spiro atoms. The van der Waals surface area contributed by atoms with Crippen LogP contribution in [0.4, 0.5) is 17.6 Å². The van der Waals surface area contributed by atoms with Gasteiger partial charge in [0.2, 0.25) is 0 Å². The summed E-state index contributed by atoms with van der Waals surface area (Å²) in [5, 5.41) is 0. The molecule has 0 saturated carbocycles. The number of ether oxygens (including phenoxy) is 1. The van der Waals surface area contributed by atoms with Crippen molar-refractivity contribution in [2.24, 2.45) is 0 Å². The molecular weight excluding hydrogens is 388 g/mol. The van der Waals surface area contributed by atoms with E-state index in [-0.39, 0.29) is 17.9 Å². The van der Waals surface area contributed by atoms with Gasteiger partial charge in [0.15, 0.2) is 24.0 Å². The molecule has 0 aliphatic carbocycles. The minimum atomic E-state index is -1.19. The van der Waals surface area contributed by atoms with E-state index < -0.39 is 35.7 Å². The molecule has 0 bridgehead atoms. The first-order valence-corrected chi connectivity index (χ1v) is 9.30. The lowest BCUT2D eigenvalue weighted by Crippen LogP contribution is -2.58. The molecule has 1 fully saturated rings. The zero-order valence-corrected chi connectivity index (χ0v) is 16.2. The lowest BCUT2D eigenvalue weighted by molar-refractivity contribution is -0.139. The third-order valence-corrected chi connectivity index (χ3v) is 5.04. The lowest BCUT2D eigenvalue weighted by Gasteiger charge is -2.44. The number of hydrogen-bond donors (Lipinski definition) is 0. The van der Waals surface area contributed by atoms with Gasteiger partial charge in [0.25, 0.3) is 5.91 Å². The van der Waals surface area contributed by atoms with Crippen LogP contribution in [0.3, 0.4) is 0 Å². The molecule has 0 N–H and O–H groups in total. The summed E-state index contributed by atoms with van der Waals surface area (Å²) in [6.07, 6.45) is 0. The maximum atomic E-state index is 13.7. The molecule has 8 heteroatoms. The summed E-state index contributed by atoms with van der Waals surface area (Å²) in [6, 6.07) is 7.16. The molecule has 3 rings (SSSR count). The molecule has 4 nitrogen and oxygen atoms in total. The van der Waals surface area contributed by atoms with Crippen LogP contribution < -0.4 is 4.74 Å². The molecule has 2 aromatic carbocycles. The first kappa shape index (κ1) is 21.1. The van der Waals surface area contributed by atoms with Gasteiger partial charge in [-0.15, -0.1) is 0 Å². The number of carbonyl (C=O) groups is 1. The molecule has 1 heterocycles. The minimum Gasteiger partial charge on any atom is -0.478 e. The van der Waals surface area contributed by atoms with Gasteiger partial charge in [-0.3, -0.25) is 9.69 Å². The standard InChI is InChI=1S/C21H22F4N2O2/c1-13-10-27(14(2)9-26(13)11-15-3-5-16(22)6-4-15)20(28)12-29-21-18(24)7-17(23)8-19(21)25/h3-8,13-14H,9-12H2,1-2H3/t13-,14+/m0/s1. The van der Waals surface area contributed by atoms with Crippen LogP contribution in [-0.4, -0.2) is 47.5 Å². The van der Waals surface area contributed by atoms with Crippen molar-refractivity contribution in [3.05, 3.63) is 65.2 Å². The van der Waals surface area contributed by atoms with Crippen LogP contribution in [-0.2, 0) is 11.3 Å². The van der Waals surface area contributed by atoms with Crippen molar-refractivity contribution >= 4 is 5.91 Å². The van der Waals surface area contributed by atoms with Crippen LogP contribution in [0.2, 0.25) is 0 Å². The molecule has 2 atom stereocenters. The molecule has 1 amide bonds. The Morgan fingerprint density at radius 2 is 1.59 bits per heavy atom. The third kappa shape index (κ3) is 5.06. The van der Waals surface area contributed by atoms with Crippen LogP contribution in [0.5, 0.6) is 5.75 Å². The van der Waals surface area contributed by atoms with Crippen LogP contribution in [0.15, 0.2) is 36.4 Å². The number of carbonyl (C=O) groups excluding carboxylic acids is 1. The van der Waals surface area contributed by atoms with Crippen molar-refractivity contribution in [2.45, 2.75) is 32.5 Å². The van der Waals surface area contributed by atoms with Gasteiger partial charge in [0, 0.05) is 43.9 Å². The second kappa shape index (κ2) is 8.82. The molecule has 0 aromatic heterocycles. The van der Waals surface area contributed by atoms with Gasteiger partial charge in [-0.05, 0) is 31.5 Å². The Labute approximate surface area is 166 Å². The van der Waals surface area contributed by atoms with Gasteiger partial charge in [0.05, 0.1) is 0 Å². The van der Waals surface area contributed by atoms with Crippen molar-refractivity contribution in [3.63, 3.8) is 0 Å². The summed E-state index contributed by atoms with van der Waals surface area (Å²) in [6.45, 7) is 4.92. The summed E-state index contributed by atoms with van der Waals surface area (Å²) in [4.78, 5) is 16.3. The number of halogens is 4. The first-order valence-electron chi connectivity index (χ1n) is 9.30. The average Bonchev–Trinajstić information content (AvgIpc) is 2.65. The number of nitrogens with zero attached hydrogens (tertiary/aromatic N) is 2. The molecule has 1 saturated heterocycles. The van der Waals surface area contributed by atoms with E-state index in [4.69, 9.17) is 4.74 Å². The molecule has 1 aliphatic rings. The largest absolute Gasteiger partial charge is 0.478 e. The molecule has 0 radical (unpaired) electrons. The van der Waals surface area contributed by atoms with Gasteiger partial charge in [0.1, 0.15) is 11.6 Å². The normalized spacial score (nSPS) is 20.0. The van der Waals surface area contributed by atoms with E-state index >= 15 is 0 Å². The Hall–Kier alpha value is -2.61. The van der Waals surface area contributed by atoms with Crippen LogP contribution in [0.1, 0.15) is 19.4 Å². The summed E-state index contributed by atoms with van der Waals surface area (Å²) in [5.41, 5.74) is 0.968. The second-order valence-electron chi connectivity index (χ2n) is 7.29. The van der Waals surface area contributed by atoms with Gasteiger partial charge in [-0.25, -0.2) is 17.6 Å². The molecule has 2 aromatic rings. The topological polar surface area (TPSA) is 32.8 Å². The zero-order chi connectivity index (χ0) is 21.1. The Bertz CT molecular complexity index is 852. The predicted molar refractivity (Wildman–Crippen MR) is 99.3 cm³/mol. The number of amides is 1. The number of benzene rings is 2. The van der Waals surface area contributed by atoms with E-state index in [0.29, 0.717) is 31.8 Å². The molecule has 156 valence electrons. The van der Waals surface area contributed by atoms with Crippen LogP contribution in [0.25, 0.3) is 0 Å². The SMILES string of the molecule is C[C@@H]1CN(Cc2ccc(F)cc2)[C@@H](C)CN1C(=O)COc1c(F)cc(F)cc1F. The van der Waals surface area contributed by atoms with Gasteiger partial charge in [-0.1, -0.05) is 12.1 Å². The number of rotatable bonds is 5. The Morgan fingerprint density at radius 1 is 0.966 bits per heavy atom. The summed E-state index contributed by atoms with van der Waals surface area (Å²) in [5.74, 6) is -4.91. The summed E-state index contributed by atoms with van der Waals surface area (Å²) >= 11 is 0. The highest BCUT2D eigenvalue weighted by Crippen LogP contribution is 2.23. The van der Waals surface area contributed by atoms with Crippen molar-refractivity contribution in [1.29, 1.82) is 0 Å². The van der Waals surface area contributed by atoms with E-state index in [2.05, 4.69) is 4.90 Å². The Kier molecular flexibility index (Phi) is 6.42. The number of piperazine rings is 1. The van der Waals surface area contributed by atoms with Crippen LogP contribution >= 0.6 is 0 Å². The van der Waals surface area contributed by atoms with Crippen molar-refractivity contribution in [2.75, 3.05) is 19.7 Å².